The molecule has 3 aromatic rings. The SMILES string of the molecule is Cc1cc2c(=O)[nH]nc(-c3ccc(Cl)cc3)n2n1. The smallest absolute Gasteiger partial charge is 0.266 e. The highest BCUT2D eigenvalue weighted by molar-refractivity contribution is 6.30. The normalized spacial score (nSPS) is 11.0. The number of hydrogen-bond acceptors (Lipinski definition) is 3. The summed E-state index contributed by atoms with van der Waals surface area (Å²) in [5.74, 6) is 0.578. The molecule has 1 N–H and O–H groups in total. The van der Waals surface area contributed by atoms with Crippen molar-refractivity contribution < 1.29 is 0 Å². The Morgan fingerprint density at radius 3 is 2.72 bits per heavy atom. The Morgan fingerprint density at radius 2 is 2.00 bits per heavy atom. The molecule has 18 heavy (non-hydrogen) atoms. The molecule has 5 nitrogen and oxygen atoms in total. The molecule has 2 aromatic heterocycles. The Labute approximate surface area is 107 Å². The minimum absolute atomic E-state index is 0.256. The third-order valence-electron chi connectivity index (χ3n) is 2.63. The van der Waals surface area contributed by atoms with Gasteiger partial charge in [-0.2, -0.15) is 10.2 Å². The first-order valence-corrected chi connectivity index (χ1v) is 5.74. The standard InChI is InChI=1S/C12H9ClN4O/c1-7-6-10-12(18)15-14-11(17(10)16-7)8-2-4-9(13)5-3-8/h2-6H,1H3,(H,15,18). The van der Waals surface area contributed by atoms with Gasteiger partial charge in [-0.25, -0.2) is 9.61 Å². The predicted octanol–water partition coefficient (Wildman–Crippen LogP) is 2.05. The van der Waals surface area contributed by atoms with Crippen LogP contribution >= 0.6 is 11.6 Å². The van der Waals surface area contributed by atoms with Gasteiger partial charge in [-0.1, -0.05) is 11.6 Å². The van der Waals surface area contributed by atoms with Gasteiger partial charge in [-0.15, -0.1) is 0 Å². The quantitative estimate of drug-likeness (QED) is 0.728. The van der Waals surface area contributed by atoms with Gasteiger partial charge in [-0.3, -0.25) is 4.79 Å². The molecule has 0 amide bonds. The van der Waals surface area contributed by atoms with Crippen LogP contribution in [0.15, 0.2) is 35.1 Å². The van der Waals surface area contributed by atoms with Gasteiger partial charge in [0.05, 0.1) is 5.69 Å². The second-order valence-electron chi connectivity index (χ2n) is 3.97. The number of H-pyrrole nitrogens is 1. The summed E-state index contributed by atoms with van der Waals surface area (Å²) < 4.78 is 1.54. The Morgan fingerprint density at radius 1 is 1.28 bits per heavy atom. The molecule has 0 bridgehead atoms. The summed E-state index contributed by atoms with van der Waals surface area (Å²) >= 11 is 5.85. The van der Waals surface area contributed by atoms with Crippen LogP contribution in [0.3, 0.4) is 0 Å². The lowest BCUT2D eigenvalue weighted by Crippen LogP contribution is -2.14. The number of aromatic amines is 1. The molecule has 1 aromatic carbocycles. The molecule has 0 aliphatic heterocycles. The van der Waals surface area contributed by atoms with Crippen molar-refractivity contribution in [1.29, 1.82) is 0 Å². The third kappa shape index (κ3) is 1.69. The van der Waals surface area contributed by atoms with Gasteiger partial charge in [0.25, 0.3) is 5.56 Å². The topological polar surface area (TPSA) is 63.0 Å². The van der Waals surface area contributed by atoms with E-state index in [9.17, 15) is 4.79 Å². The molecule has 0 saturated carbocycles. The first-order chi connectivity index (χ1) is 8.65. The van der Waals surface area contributed by atoms with E-state index in [2.05, 4.69) is 15.3 Å². The molecule has 90 valence electrons. The van der Waals surface area contributed by atoms with Gasteiger partial charge in [-0.05, 0) is 37.3 Å². The maximum Gasteiger partial charge on any atom is 0.290 e. The Hall–Kier alpha value is -2.14. The van der Waals surface area contributed by atoms with E-state index in [1.807, 2.05) is 19.1 Å². The first-order valence-electron chi connectivity index (χ1n) is 5.36. The monoisotopic (exact) mass is 260 g/mol. The highest BCUT2D eigenvalue weighted by Gasteiger charge is 2.10. The highest BCUT2D eigenvalue weighted by Crippen LogP contribution is 2.19. The number of nitrogens with zero attached hydrogens (tertiary/aromatic N) is 3. The van der Waals surface area contributed by atoms with Crippen LogP contribution in [-0.2, 0) is 0 Å². The van der Waals surface area contributed by atoms with Crippen LogP contribution in [0.1, 0.15) is 5.69 Å². The van der Waals surface area contributed by atoms with E-state index < -0.39 is 0 Å². The van der Waals surface area contributed by atoms with E-state index in [0.717, 1.165) is 11.3 Å². The molecule has 0 aliphatic rings. The fourth-order valence-electron chi connectivity index (χ4n) is 1.82. The molecule has 0 unspecified atom stereocenters. The van der Waals surface area contributed by atoms with Crippen LogP contribution in [0.5, 0.6) is 0 Å². The van der Waals surface area contributed by atoms with E-state index in [-0.39, 0.29) is 5.56 Å². The molecule has 0 aliphatic carbocycles. The van der Waals surface area contributed by atoms with Crippen LogP contribution in [0.2, 0.25) is 5.02 Å². The minimum Gasteiger partial charge on any atom is -0.266 e. The average molecular weight is 261 g/mol. The van der Waals surface area contributed by atoms with Gasteiger partial charge >= 0.3 is 0 Å². The summed E-state index contributed by atoms with van der Waals surface area (Å²) in [6.07, 6.45) is 0. The third-order valence-corrected chi connectivity index (χ3v) is 2.88. The number of hydrogen-bond donors (Lipinski definition) is 1. The van der Waals surface area contributed by atoms with Crippen LogP contribution in [0.4, 0.5) is 0 Å². The summed E-state index contributed by atoms with van der Waals surface area (Å²) in [4.78, 5) is 11.6. The van der Waals surface area contributed by atoms with Gasteiger partial charge < -0.3 is 0 Å². The Balaban J connectivity index is 2.32. The van der Waals surface area contributed by atoms with E-state index in [4.69, 9.17) is 11.6 Å². The molecule has 3 rings (SSSR count). The molecule has 0 spiro atoms. The summed E-state index contributed by atoms with van der Waals surface area (Å²) in [5.41, 5.74) is 1.83. The van der Waals surface area contributed by atoms with E-state index in [1.54, 1.807) is 18.2 Å². The molecule has 0 atom stereocenters. The molecule has 0 saturated heterocycles. The van der Waals surface area contributed by atoms with Gasteiger partial charge in [0.15, 0.2) is 5.82 Å². The van der Waals surface area contributed by atoms with Crippen molar-refractivity contribution in [2.24, 2.45) is 0 Å². The molecular formula is C12H9ClN4O. The fourth-order valence-corrected chi connectivity index (χ4v) is 1.94. The van der Waals surface area contributed by atoms with Crippen molar-refractivity contribution in [2.75, 3.05) is 0 Å². The minimum atomic E-state index is -0.256. The van der Waals surface area contributed by atoms with Crippen molar-refractivity contribution in [3.63, 3.8) is 0 Å². The van der Waals surface area contributed by atoms with E-state index >= 15 is 0 Å². The number of aryl methyl sites for hydroxylation is 1. The van der Waals surface area contributed by atoms with E-state index in [0.29, 0.717) is 16.4 Å². The number of halogens is 1. The number of rotatable bonds is 1. The molecule has 0 fully saturated rings. The maximum absolute atomic E-state index is 11.6. The zero-order chi connectivity index (χ0) is 12.7. The lowest BCUT2D eigenvalue weighted by Gasteiger charge is -2.02. The van der Waals surface area contributed by atoms with Crippen molar-refractivity contribution >= 4 is 17.1 Å². The van der Waals surface area contributed by atoms with Crippen molar-refractivity contribution in [3.8, 4) is 11.4 Å². The van der Waals surface area contributed by atoms with Crippen LogP contribution in [0.25, 0.3) is 16.9 Å². The zero-order valence-electron chi connectivity index (χ0n) is 9.51. The molecule has 0 radical (unpaired) electrons. The number of aromatic nitrogens is 4. The van der Waals surface area contributed by atoms with Crippen LogP contribution in [-0.4, -0.2) is 19.8 Å². The molecule has 6 heteroatoms. The Kier molecular flexibility index (Phi) is 2.41. The number of fused-ring (bicyclic) bond motifs is 1. The summed E-state index contributed by atoms with van der Waals surface area (Å²) in [5, 5.41) is 11.4. The van der Waals surface area contributed by atoms with Crippen molar-refractivity contribution in [1.82, 2.24) is 19.8 Å². The molecule has 2 heterocycles. The van der Waals surface area contributed by atoms with Crippen LogP contribution < -0.4 is 5.56 Å². The number of nitrogens with one attached hydrogen (secondary N) is 1. The summed E-state index contributed by atoms with van der Waals surface area (Å²) in [6, 6.07) is 8.93. The van der Waals surface area contributed by atoms with Gasteiger partial charge in [0.1, 0.15) is 5.52 Å². The number of benzene rings is 1. The fraction of sp³-hybridized carbons (Fsp3) is 0.0833. The van der Waals surface area contributed by atoms with Crippen molar-refractivity contribution in [2.45, 2.75) is 6.92 Å². The van der Waals surface area contributed by atoms with Crippen LogP contribution in [0, 0.1) is 6.92 Å². The summed E-state index contributed by atoms with van der Waals surface area (Å²) in [6.45, 7) is 1.83. The Bertz CT molecular complexity index is 773. The lowest BCUT2D eigenvalue weighted by molar-refractivity contribution is 0.849. The van der Waals surface area contributed by atoms with Gasteiger partial charge in [0, 0.05) is 10.6 Å². The predicted molar refractivity (Wildman–Crippen MR) is 68.8 cm³/mol. The second-order valence-corrected chi connectivity index (χ2v) is 4.40. The lowest BCUT2D eigenvalue weighted by atomic mass is 10.2. The largest absolute Gasteiger partial charge is 0.290 e. The summed E-state index contributed by atoms with van der Waals surface area (Å²) in [7, 11) is 0. The van der Waals surface area contributed by atoms with Gasteiger partial charge in [0.2, 0.25) is 0 Å². The highest BCUT2D eigenvalue weighted by atomic mass is 35.5. The van der Waals surface area contributed by atoms with E-state index in [1.165, 1.54) is 4.52 Å². The van der Waals surface area contributed by atoms with Crippen molar-refractivity contribution in [3.05, 3.63) is 51.4 Å². The molecular weight excluding hydrogens is 252 g/mol. The zero-order valence-corrected chi connectivity index (χ0v) is 10.3. The first kappa shape index (κ1) is 11.0. The maximum atomic E-state index is 11.6. The second kappa shape index (κ2) is 3.96. The average Bonchev–Trinajstić information content (AvgIpc) is 2.74.